The molecule has 0 saturated carbocycles. The molecule has 2 nitrogen and oxygen atoms in total. The van der Waals surface area contributed by atoms with Gasteiger partial charge in [-0.2, -0.15) is 0 Å². The Balaban J connectivity index is 2.14. The third kappa shape index (κ3) is 2.95. The van der Waals surface area contributed by atoms with Crippen LogP contribution in [-0.2, 0) is 0 Å². The first-order chi connectivity index (χ1) is 11.4. The number of allylic oxidation sites excluding steroid dienone is 1. The lowest BCUT2D eigenvalue weighted by Gasteiger charge is -2.49. The largest absolute Gasteiger partial charge is 0.350 e. The first-order valence-electron chi connectivity index (χ1n) is 9.75. The minimum absolute atomic E-state index is 0.122. The van der Waals surface area contributed by atoms with Gasteiger partial charge < -0.3 is 4.92 Å². The number of benzene rings is 1. The molecule has 3 rings (SSSR count). The van der Waals surface area contributed by atoms with E-state index in [1.807, 2.05) is 0 Å². The molecule has 0 N–H and O–H groups in total. The summed E-state index contributed by atoms with van der Waals surface area (Å²) in [6, 6.07) is 9.47. The Bertz CT molecular complexity index is 696. The molecule has 1 fully saturated rings. The van der Waals surface area contributed by atoms with E-state index in [4.69, 9.17) is 0 Å². The van der Waals surface area contributed by atoms with Crippen molar-refractivity contribution in [2.24, 2.45) is 10.8 Å². The van der Waals surface area contributed by atoms with Crippen molar-refractivity contribution >= 4 is 17.9 Å². The monoisotopic (exact) mass is 338 g/mol. The van der Waals surface area contributed by atoms with E-state index >= 15 is 0 Å². The van der Waals surface area contributed by atoms with Gasteiger partial charge in [0.05, 0.1) is 0 Å². The van der Waals surface area contributed by atoms with E-state index in [9.17, 15) is 0 Å². The fraction of sp³-hybridized carbons (Fsp3) is 0.636. The summed E-state index contributed by atoms with van der Waals surface area (Å²) in [6.45, 7) is 21.7. The molecule has 0 aliphatic carbocycles. The molecule has 2 aliphatic rings. The van der Waals surface area contributed by atoms with Crippen LogP contribution in [0.5, 0.6) is 0 Å². The maximum atomic E-state index is 2.65. The zero-order valence-corrected chi connectivity index (χ0v) is 17.6. The zero-order valence-electron chi connectivity index (χ0n) is 17.6. The Hall–Kier alpha value is -1.22. The molecule has 0 bridgehead atoms. The molecule has 25 heavy (non-hydrogen) atoms. The van der Waals surface area contributed by atoms with Gasteiger partial charge in [-0.15, -0.1) is 0 Å². The van der Waals surface area contributed by atoms with Crippen molar-refractivity contribution in [2.75, 3.05) is 0 Å². The van der Waals surface area contributed by atoms with Gasteiger partial charge in [0.25, 0.3) is 0 Å². The lowest BCUT2D eigenvalue weighted by molar-refractivity contribution is -0.00964. The van der Waals surface area contributed by atoms with Gasteiger partial charge >= 0.3 is 6.85 Å². The van der Waals surface area contributed by atoms with Crippen LogP contribution >= 0.6 is 0 Å². The molecule has 1 aromatic carbocycles. The molecular formula is C22H35BN2. The average Bonchev–Trinajstić information content (AvgIpc) is 2.63. The SMILES string of the molecule is CB1c2ccccc2C(C(C)(C)C)=CN1N1C(C)C(C)(C)CC1(C)C. The first kappa shape index (κ1) is 18.6. The highest BCUT2D eigenvalue weighted by molar-refractivity contribution is 6.71. The first-order valence-corrected chi connectivity index (χ1v) is 9.75. The third-order valence-corrected chi connectivity index (χ3v) is 6.42. The molecule has 0 spiro atoms. The van der Waals surface area contributed by atoms with Crippen molar-refractivity contribution in [3.63, 3.8) is 0 Å². The number of hydrogen-bond donors (Lipinski definition) is 0. The standard InChI is InChI=1S/C22H35BN2/c1-16-21(5,6)15-22(7,8)25(16)24-14-18(20(2,3)4)17-12-10-11-13-19(17)23(24)9/h10-14,16H,15H2,1-9H3. The molecule has 1 atom stereocenters. The highest BCUT2D eigenvalue weighted by atomic mass is 15.6. The number of rotatable bonds is 1. The normalized spacial score (nSPS) is 25.8. The predicted octanol–water partition coefficient (Wildman–Crippen LogP) is 5.03. The van der Waals surface area contributed by atoms with Gasteiger partial charge in [-0.1, -0.05) is 65.7 Å². The minimum atomic E-state index is 0.122. The van der Waals surface area contributed by atoms with Gasteiger partial charge in [0.15, 0.2) is 0 Å². The molecular weight excluding hydrogens is 303 g/mol. The van der Waals surface area contributed by atoms with E-state index in [-0.39, 0.29) is 11.0 Å². The third-order valence-electron chi connectivity index (χ3n) is 6.42. The highest BCUT2D eigenvalue weighted by Gasteiger charge is 2.52. The van der Waals surface area contributed by atoms with Crippen molar-refractivity contribution in [3.8, 4) is 0 Å². The topological polar surface area (TPSA) is 6.48 Å². The van der Waals surface area contributed by atoms with E-state index in [1.54, 1.807) is 0 Å². The Morgan fingerprint density at radius 3 is 2.20 bits per heavy atom. The Morgan fingerprint density at radius 1 is 1.08 bits per heavy atom. The molecule has 0 amide bonds. The molecule has 2 aliphatic heterocycles. The fourth-order valence-electron chi connectivity index (χ4n) is 5.12. The van der Waals surface area contributed by atoms with Crippen LogP contribution in [0, 0.1) is 10.8 Å². The van der Waals surface area contributed by atoms with Gasteiger partial charge in [-0.3, -0.25) is 0 Å². The summed E-state index contributed by atoms with van der Waals surface area (Å²) in [6.07, 6.45) is 3.65. The van der Waals surface area contributed by atoms with Crippen molar-refractivity contribution < 1.29 is 0 Å². The predicted molar refractivity (Wildman–Crippen MR) is 111 cm³/mol. The molecule has 3 heteroatoms. The Kier molecular flexibility index (Phi) is 4.19. The number of nitrogens with zero attached hydrogens (tertiary/aromatic N) is 2. The Morgan fingerprint density at radius 2 is 1.68 bits per heavy atom. The number of hydrazine groups is 1. The quantitative estimate of drug-likeness (QED) is 0.663. The van der Waals surface area contributed by atoms with E-state index in [0.29, 0.717) is 18.3 Å². The molecule has 1 unspecified atom stereocenters. The summed E-state index contributed by atoms with van der Waals surface area (Å²) in [7, 11) is 0. The van der Waals surface area contributed by atoms with E-state index in [1.165, 1.54) is 23.0 Å². The molecule has 0 radical (unpaired) electrons. The maximum Gasteiger partial charge on any atom is 0.303 e. The van der Waals surface area contributed by atoms with Crippen LogP contribution in [0.25, 0.3) is 5.57 Å². The van der Waals surface area contributed by atoms with Crippen LogP contribution in [0.3, 0.4) is 0 Å². The van der Waals surface area contributed by atoms with Gasteiger partial charge in [0.2, 0.25) is 0 Å². The summed E-state index contributed by atoms with van der Waals surface area (Å²) >= 11 is 0. The molecule has 1 saturated heterocycles. The minimum Gasteiger partial charge on any atom is -0.350 e. The van der Waals surface area contributed by atoms with Crippen LogP contribution in [0.15, 0.2) is 30.5 Å². The lowest BCUT2D eigenvalue weighted by atomic mass is 9.53. The second-order valence-corrected chi connectivity index (χ2v) is 10.4. The van der Waals surface area contributed by atoms with Gasteiger partial charge in [0, 0.05) is 17.8 Å². The second kappa shape index (κ2) is 5.64. The summed E-state index contributed by atoms with van der Waals surface area (Å²) in [5.74, 6) is 0. The lowest BCUT2D eigenvalue weighted by Crippen LogP contribution is -2.61. The van der Waals surface area contributed by atoms with Crippen LogP contribution in [-0.4, -0.2) is 28.4 Å². The maximum absolute atomic E-state index is 2.65. The van der Waals surface area contributed by atoms with Crippen LogP contribution in [0.1, 0.15) is 67.4 Å². The highest BCUT2D eigenvalue weighted by Crippen LogP contribution is 2.48. The smallest absolute Gasteiger partial charge is 0.303 e. The molecule has 136 valence electrons. The molecule has 1 aromatic rings. The van der Waals surface area contributed by atoms with Crippen molar-refractivity contribution in [1.82, 2.24) is 9.93 Å². The molecule has 2 heterocycles. The van der Waals surface area contributed by atoms with Gasteiger partial charge in [-0.25, -0.2) is 5.01 Å². The van der Waals surface area contributed by atoms with Crippen molar-refractivity contribution in [2.45, 2.75) is 80.2 Å². The average molecular weight is 338 g/mol. The van der Waals surface area contributed by atoms with Crippen LogP contribution in [0.2, 0.25) is 6.82 Å². The second-order valence-electron chi connectivity index (χ2n) is 10.4. The fourth-order valence-corrected chi connectivity index (χ4v) is 5.12. The van der Waals surface area contributed by atoms with E-state index in [0.717, 1.165) is 0 Å². The van der Waals surface area contributed by atoms with E-state index < -0.39 is 0 Å². The number of hydrogen-bond acceptors (Lipinski definition) is 2. The molecule has 0 aromatic heterocycles. The van der Waals surface area contributed by atoms with Gasteiger partial charge in [0.1, 0.15) is 0 Å². The zero-order chi connectivity index (χ0) is 18.8. The summed E-state index contributed by atoms with van der Waals surface area (Å²) in [5, 5.41) is 2.65. The van der Waals surface area contributed by atoms with Crippen LogP contribution in [0.4, 0.5) is 0 Å². The van der Waals surface area contributed by atoms with Gasteiger partial charge in [-0.05, 0) is 54.6 Å². The summed E-state index contributed by atoms with van der Waals surface area (Å²) in [5.41, 5.74) is 4.90. The number of fused-ring (bicyclic) bond motifs is 1. The van der Waals surface area contributed by atoms with Crippen molar-refractivity contribution in [3.05, 3.63) is 36.0 Å². The van der Waals surface area contributed by atoms with Crippen molar-refractivity contribution in [1.29, 1.82) is 0 Å². The Labute approximate surface area is 155 Å². The summed E-state index contributed by atoms with van der Waals surface area (Å²) in [4.78, 5) is 2.54. The summed E-state index contributed by atoms with van der Waals surface area (Å²) < 4.78 is 0. The van der Waals surface area contributed by atoms with Crippen LogP contribution < -0.4 is 5.46 Å². The van der Waals surface area contributed by atoms with E-state index in [2.05, 4.69) is 103 Å².